The maximum atomic E-state index is 13.2. The molecule has 198 valence electrons. The molecule has 0 aliphatic carbocycles. The third kappa shape index (κ3) is 5.20. The minimum Gasteiger partial charge on any atom is -0.323 e. The van der Waals surface area contributed by atoms with Crippen LogP contribution in [-0.2, 0) is 21.1 Å². The molecule has 2 heterocycles. The molecular formula is C24H18ClF3N4O5S. The second kappa shape index (κ2) is 9.72. The zero-order valence-corrected chi connectivity index (χ0v) is 21.0. The van der Waals surface area contributed by atoms with E-state index in [2.05, 4.69) is 15.6 Å². The van der Waals surface area contributed by atoms with Gasteiger partial charge in [0, 0.05) is 23.2 Å². The van der Waals surface area contributed by atoms with Crippen molar-refractivity contribution in [3.05, 3.63) is 83.0 Å². The Kier molecular flexibility index (Phi) is 6.93. The zero-order chi connectivity index (χ0) is 27.9. The van der Waals surface area contributed by atoms with Gasteiger partial charge in [0.25, 0.3) is 21.7 Å². The van der Waals surface area contributed by atoms with Crippen LogP contribution in [0, 0.1) is 0 Å². The molecule has 14 heteroatoms. The summed E-state index contributed by atoms with van der Waals surface area (Å²) in [6, 6.07) is 11.8. The minimum absolute atomic E-state index is 0.0167. The highest BCUT2D eigenvalue weighted by atomic mass is 35.5. The summed E-state index contributed by atoms with van der Waals surface area (Å²) in [4.78, 5) is 42.1. The second-order valence-corrected chi connectivity index (χ2v) is 10.9. The number of sulfone groups is 1. The molecule has 38 heavy (non-hydrogen) atoms. The fourth-order valence-electron chi connectivity index (χ4n) is 3.83. The predicted molar refractivity (Wildman–Crippen MR) is 131 cm³/mol. The summed E-state index contributed by atoms with van der Waals surface area (Å²) in [5.41, 5.74) is -6.22. The van der Waals surface area contributed by atoms with Gasteiger partial charge < -0.3 is 10.6 Å². The van der Waals surface area contributed by atoms with E-state index in [9.17, 15) is 36.0 Å². The average Bonchev–Trinajstić information content (AvgIpc) is 3.06. The monoisotopic (exact) mass is 566 g/mol. The third-order valence-corrected chi connectivity index (χ3v) is 7.42. The Morgan fingerprint density at radius 3 is 2.42 bits per heavy atom. The standard InChI is InChI=1S/C24H18ClF3N4O5S/c1-23(13-14-9-10-29-19(11-14)30-20(33)15-3-2-4-16(25)12-15)21(34)32(22(35)31-23)17-5-7-18(8-6-17)38(36,37)24(26,27)28/h2-12H,13H2,1H3,(H,31,35)(H,29,30,33). The quantitative estimate of drug-likeness (QED) is 0.428. The maximum Gasteiger partial charge on any atom is 0.501 e. The van der Waals surface area contributed by atoms with Crippen molar-refractivity contribution in [1.29, 1.82) is 0 Å². The van der Waals surface area contributed by atoms with E-state index in [0.29, 0.717) is 33.2 Å². The molecule has 1 unspecified atom stereocenters. The number of imide groups is 1. The number of nitrogens with one attached hydrogen (secondary N) is 2. The van der Waals surface area contributed by atoms with Gasteiger partial charge in [0.05, 0.1) is 10.6 Å². The van der Waals surface area contributed by atoms with Gasteiger partial charge in [0.2, 0.25) is 0 Å². The number of nitrogens with zero attached hydrogens (tertiary/aromatic N) is 2. The van der Waals surface area contributed by atoms with Crippen LogP contribution in [0.5, 0.6) is 0 Å². The molecule has 0 bridgehead atoms. The molecule has 4 amide bonds. The lowest BCUT2D eigenvalue weighted by molar-refractivity contribution is -0.121. The number of anilines is 2. The molecule has 9 nitrogen and oxygen atoms in total. The number of hydrogen-bond acceptors (Lipinski definition) is 6. The van der Waals surface area contributed by atoms with Gasteiger partial charge in [0.15, 0.2) is 0 Å². The molecule has 1 atom stereocenters. The topological polar surface area (TPSA) is 126 Å². The molecular weight excluding hydrogens is 549 g/mol. The molecule has 0 spiro atoms. The predicted octanol–water partition coefficient (Wildman–Crippen LogP) is 4.34. The van der Waals surface area contributed by atoms with Crippen molar-refractivity contribution >= 4 is 50.8 Å². The molecule has 0 radical (unpaired) electrons. The number of carbonyl (C=O) groups excluding carboxylic acids is 3. The average molecular weight is 567 g/mol. The Morgan fingerprint density at radius 2 is 1.79 bits per heavy atom. The zero-order valence-electron chi connectivity index (χ0n) is 19.4. The highest BCUT2D eigenvalue weighted by molar-refractivity contribution is 7.92. The molecule has 0 saturated carbocycles. The molecule has 1 aliphatic heterocycles. The van der Waals surface area contributed by atoms with E-state index in [4.69, 9.17) is 11.6 Å². The molecule has 1 fully saturated rings. The summed E-state index contributed by atoms with van der Waals surface area (Å²) < 4.78 is 61.6. The Labute approximate surface area is 219 Å². The Morgan fingerprint density at radius 1 is 1.11 bits per heavy atom. The number of halogens is 4. The molecule has 3 aromatic rings. The molecule has 1 aliphatic rings. The van der Waals surface area contributed by atoms with Crippen LogP contribution >= 0.6 is 11.6 Å². The Bertz CT molecular complexity index is 1550. The first-order chi connectivity index (χ1) is 17.7. The number of rotatable bonds is 6. The second-order valence-electron chi connectivity index (χ2n) is 8.54. The van der Waals surface area contributed by atoms with Crippen LogP contribution in [0.25, 0.3) is 0 Å². The van der Waals surface area contributed by atoms with Crippen LogP contribution in [0.2, 0.25) is 5.02 Å². The lowest BCUT2D eigenvalue weighted by atomic mass is 9.93. The number of carbonyl (C=O) groups is 3. The van der Waals surface area contributed by atoms with Gasteiger partial charge in [-0.2, -0.15) is 13.2 Å². The first kappa shape index (κ1) is 27.1. The smallest absolute Gasteiger partial charge is 0.323 e. The highest BCUT2D eigenvalue weighted by Gasteiger charge is 2.49. The Hall–Kier alpha value is -3.97. The van der Waals surface area contributed by atoms with Crippen molar-refractivity contribution in [3.8, 4) is 0 Å². The minimum atomic E-state index is -5.59. The SMILES string of the molecule is CC1(Cc2ccnc(NC(=O)c3cccc(Cl)c3)c2)NC(=O)N(c2ccc(S(=O)(=O)C(F)(F)F)cc2)C1=O. The van der Waals surface area contributed by atoms with Crippen LogP contribution in [0.1, 0.15) is 22.8 Å². The molecule has 1 saturated heterocycles. The molecule has 2 N–H and O–H groups in total. The van der Waals surface area contributed by atoms with Crippen LogP contribution < -0.4 is 15.5 Å². The molecule has 1 aromatic heterocycles. The summed E-state index contributed by atoms with van der Waals surface area (Å²) in [7, 11) is -5.59. The highest BCUT2D eigenvalue weighted by Crippen LogP contribution is 2.33. The van der Waals surface area contributed by atoms with Gasteiger partial charge in [-0.3, -0.25) is 9.59 Å². The van der Waals surface area contributed by atoms with E-state index in [1.54, 1.807) is 24.3 Å². The number of alkyl halides is 3. The normalized spacial score (nSPS) is 17.9. The van der Waals surface area contributed by atoms with Gasteiger partial charge in [-0.15, -0.1) is 0 Å². The van der Waals surface area contributed by atoms with Crippen LogP contribution in [-0.4, -0.2) is 42.3 Å². The molecule has 4 rings (SSSR count). The lowest BCUT2D eigenvalue weighted by Gasteiger charge is -2.22. The summed E-state index contributed by atoms with van der Waals surface area (Å²) >= 11 is 5.92. The first-order valence-corrected chi connectivity index (χ1v) is 12.7. The van der Waals surface area contributed by atoms with Crippen molar-refractivity contribution in [1.82, 2.24) is 10.3 Å². The number of hydrogen-bond donors (Lipinski definition) is 2. The fourth-order valence-corrected chi connectivity index (χ4v) is 4.78. The number of benzene rings is 2. The van der Waals surface area contributed by atoms with Gasteiger partial charge >= 0.3 is 11.5 Å². The summed E-state index contributed by atoms with van der Waals surface area (Å²) in [5, 5.41) is 5.56. The van der Waals surface area contributed by atoms with Crippen molar-refractivity contribution in [2.45, 2.75) is 29.3 Å². The maximum absolute atomic E-state index is 13.2. The van der Waals surface area contributed by atoms with E-state index in [-0.39, 0.29) is 17.9 Å². The van der Waals surface area contributed by atoms with Gasteiger partial charge in [-0.1, -0.05) is 17.7 Å². The summed E-state index contributed by atoms with van der Waals surface area (Å²) in [6.07, 6.45) is 1.39. The van der Waals surface area contributed by atoms with Gasteiger partial charge in [-0.25, -0.2) is 23.1 Å². The fraction of sp³-hybridized carbons (Fsp3) is 0.167. The lowest BCUT2D eigenvalue weighted by Crippen LogP contribution is -2.46. The van der Waals surface area contributed by atoms with E-state index >= 15 is 0 Å². The first-order valence-electron chi connectivity index (χ1n) is 10.8. The third-order valence-electron chi connectivity index (χ3n) is 5.68. The summed E-state index contributed by atoms with van der Waals surface area (Å²) in [5.74, 6) is -0.989. The van der Waals surface area contributed by atoms with Crippen molar-refractivity contribution in [2.75, 3.05) is 10.2 Å². The van der Waals surface area contributed by atoms with E-state index < -0.39 is 43.6 Å². The van der Waals surface area contributed by atoms with Gasteiger partial charge in [-0.05, 0) is 67.1 Å². The van der Waals surface area contributed by atoms with E-state index in [1.165, 1.54) is 25.3 Å². The number of aromatic nitrogens is 1. The van der Waals surface area contributed by atoms with E-state index in [1.807, 2.05) is 0 Å². The Balaban J connectivity index is 1.52. The largest absolute Gasteiger partial charge is 0.501 e. The van der Waals surface area contributed by atoms with Crippen molar-refractivity contribution < 1.29 is 36.0 Å². The number of amides is 4. The number of pyridine rings is 1. The summed E-state index contributed by atoms with van der Waals surface area (Å²) in [6.45, 7) is 1.46. The van der Waals surface area contributed by atoms with Crippen molar-refractivity contribution in [2.24, 2.45) is 0 Å². The number of urea groups is 1. The molecule has 2 aromatic carbocycles. The van der Waals surface area contributed by atoms with Crippen LogP contribution in [0.15, 0.2) is 71.8 Å². The van der Waals surface area contributed by atoms with Crippen LogP contribution in [0.4, 0.5) is 29.5 Å². The van der Waals surface area contributed by atoms with Gasteiger partial charge in [0.1, 0.15) is 11.4 Å². The van der Waals surface area contributed by atoms with Crippen LogP contribution in [0.3, 0.4) is 0 Å². The van der Waals surface area contributed by atoms with Crippen molar-refractivity contribution in [3.63, 3.8) is 0 Å². The van der Waals surface area contributed by atoms with E-state index in [0.717, 1.165) is 12.1 Å².